The molecule has 6 nitrogen and oxygen atoms in total. The third-order valence-electron chi connectivity index (χ3n) is 4.59. The van der Waals surface area contributed by atoms with Crippen molar-refractivity contribution in [1.29, 1.82) is 0 Å². The van der Waals surface area contributed by atoms with E-state index in [1.807, 2.05) is 16.9 Å². The summed E-state index contributed by atoms with van der Waals surface area (Å²) in [5.74, 6) is 1.68. The van der Waals surface area contributed by atoms with Gasteiger partial charge in [-0.15, -0.1) is 11.8 Å². The predicted octanol–water partition coefficient (Wildman–Crippen LogP) is 1.48. The quantitative estimate of drug-likeness (QED) is 0.799. The Labute approximate surface area is 141 Å². The summed E-state index contributed by atoms with van der Waals surface area (Å²) in [4.78, 5) is 26.8. The van der Waals surface area contributed by atoms with Gasteiger partial charge in [0.1, 0.15) is 6.04 Å². The lowest BCUT2D eigenvalue weighted by Gasteiger charge is -2.25. The number of aromatic nitrogens is 2. The van der Waals surface area contributed by atoms with Crippen LogP contribution < -0.4 is 5.32 Å². The zero-order valence-corrected chi connectivity index (χ0v) is 14.1. The van der Waals surface area contributed by atoms with E-state index >= 15 is 0 Å². The topological polar surface area (TPSA) is 67.2 Å². The zero-order chi connectivity index (χ0) is 16.1. The number of carbonyl (C=O) groups is 2. The van der Waals surface area contributed by atoms with E-state index in [2.05, 4.69) is 10.4 Å². The Bertz CT molecular complexity index is 528. The number of thioether (sulfide) groups is 1. The number of nitrogens with one attached hydrogen (secondary N) is 1. The maximum absolute atomic E-state index is 12.6. The Kier molecular flexibility index (Phi) is 5.59. The fourth-order valence-electron chi connectivity index (χ4n) is 3.29. The first-order valence-corrected chi connectivity index (χ1v) is 9.54. The molecular formula is C16H24N4O2S. The Hall–Kier alpha value is -1.50. The van der Waals surface area contributed by atoms with E-state index in [4.69, 9.17) is 0 Å². The third-order valence-corrected chi connectivity index (χ3v) is 5.61. The van der Waals surface area contributed by atoms with Crippen LogP contribution in [0.3, 0.4) is 0 Å². The van der Waals surface area contributed by atoms with E-state index in [0.29, 0.717) is 18.2 Å². The van der Waals surface area contributed by atoms with Crippen molar-refractivity contribution in [2.45, 2.75) is 44.7 Å². The second kappa shape index (κ2) is 7.86. The fourth-order valence-corrected chi connectivity index (χ4v) is 4.45. The molecule has 2 aliphatic rings. The normalized spacial score (nSPS) is 21.7. The highest BCUT2D eigenvalue weighted by Crippen LogP contribution is 2.30. The molecule has 1 saturated carbocycles. The van der Waals surface area contributed by atoms with Crippen molar-refractivity contribution >= 4 is 23.6 Å². The standard InChI is InChI=1S/C16H24N4O2S/c21-15(17-7-3-9-19-10-4-8-18-19)14-11-23-12-20(14)16(22)13-5-1-2-6-13/h4,8,10,13-14H,1-3,5-7,9,11-12H2,(H,17,21)/t14-/m0/s1. The lowest BCUT2D eigenvalue weighted by Crippen LogP contribution is -2.49. The van der Waals surface area contributed by atoms with Crippen molar-refractivity contribution in [3.05, 3.63) is 18.5 Å². The fraction of sp³-hybridized carbons (Fsp3) is 0.688. The molecule has 1 aromatic rings. The molecule has 3 rings (SSSR count). The number of nitrogens with zero attached hydrogens (tertiary/aromatic N) is 3. The molecule has 2 heterocycles. The summed E-state index contributed by atoms with van der Waals surface area (Å²) in [7, 11) is 0. The largest absolute Gasteiger partial charge is 0.354 e. The van der Waals surface area contributed by atoms with E-state index in [9.17, 15) is 9.59 Å². The molecule has 0 aromatic carbocycles. The molecule has 7 heteroatoms. The van der Waals surface area contributed by atoms with Crippen LogP contribution in [0.5, 0.6) is 0 Å². The smallest absolute Gasteiger partial charge is 0.243 e. The molecule has 1 atom stereocenters. The second-order valence-electron chi connectivity index (χ2n) is 6.22. The summed E-state index contributed by atoms with van der Waals surface area (Å²) in [5.41, 5.74) is 0. The van der Waals surface area contributed by atoms with E-state index in [1.165, 1.54) is 0 Å². The number of rotatable bonds is 6. The second-order valence-corrected chi connectivity index (χ2v) is 7.22. The monoisotopic (exact) mass is 336 g/mol. The van der Waals surface area contributed by atoms with Crippen LogP contribution in [0.2, 0.25) is 0 Å². The molecule has 1 N–H and O–H groups in total. The highest BCUT2D eigenvalue weighted by atomic mass is 32.2. The maximum Gasteiger partial charge on any atom is 0.243 e. The Morgan fingerprint density at radius 2 is 2.13 bits per heavy atom. The number of carbonyl (C=O) groups excluding carboxylic acids is 2. The molecule has 1 saturated heterocycles. The van der Waals surface area contributed by atoms with Gasteiger partial charge in [-0.25, -0.2) is 0 Å². The predicted molar refractivity (Wildman–Crippen MR) is 89.8 cm³/mol. The maximum atomic E-state index is 12.6. The van der Waals surface area contributed by atoms with Crippen molar-refractivity contribution in [3.8, 4) is 0 Å². The van der Waals surface area contributed by atoms with Gasteiger partial charge in [0.2, 0.25) is 11.8 Å². The number of aryl methyl sites for hydroxylation is 1. The van der Waals surface area contributed by atoms with Gasteiger partial charge in [0, 0.05) is 37.2 Å². The highest BCUT2D eigenvalue weighted by Gasteiger charge is 2.38. The summed E-state index contributed by atoms with van der Waals surface area (Å²) in [6.07, 6.45) is 8.75. The Morgan fingerprint density at radius 3 is 2.87 bits per heavy atom. The van der Waals surface area contributed by atoms with Gasteiger partial charge < -0.3 is 10.2 Å². The molecule has 0 radical (unpaired) electrons. The Morgan fingerprint density at radius 1 is 1.30 bits per heavy atom. The highest BCUT2D eigenvalue weighted by molar-refractivity contribution is 7.99. The molecule has 1 aliphatic heterocycles. The van der Waals surface area contributed by atoms with E-state index in [-0.39, 0.29) is 23.8 Å². The SMILES string of the molecule is O=C(NCCCn1cccn1)[C@@H]1CSCN1C(=O)C1CCCC1. The average Bonchev–Trinajstić information content (AvgIpc) is 3.33. The number of hydrogen-bond donors (Lipinski definition) is 1. The summed E-state index contributed by atoms with van der Waals surface area (Å²) in [6.45, 7) is 1.41. The Balaban J connectivity index is 1.44. The van der Waals surface area contributed by atoms with Gasteiger partial charge in [0.25, 0.3) is 0 Å². The third kappa shape index (κ3) is 4.07. The lowest BCUT2D eigenvalue weighted by molar-refractivity contribution is -0.141. The average molecular weight is 336 g/mol. The summed E-state index contributed by atoms with van der Waals surface area (Å²) in [5, 5.41) is 7.11. The van der Waals surface area contributed by atoms with Crippen molar-refractivity contribution in [2.24, 2.45) is 5.92 Å². The van der Waals surface area contributed by atoms with Crippen molar-refractivity contribution < 1.29 is 9.59 Å². The minimum Gasteiger partial charge on any atom is -0.354 e. The van der Waals surface area contributed by atoms with Crippen LogP contribution in [0.1, 0.15) is 32.1 Å². The summed E-state index contributed by atoms with van der Waals surface area (Å²) in [6, 6.07) is 1.60. The molecule has 2 fully saturated rings. The van der Waals surface area contributed by atoms with Crippen molar-refractivity contribution in [2.75, 3.05) is 18.2 Å². The molecule has 23 heavy (non-hydrogen) atoms. The first-order valence-electron chi connectivity index (χ1n) is 8.39. The molecule has 2 amide bonds. The van der Waals surface area contributed by atoms with Gasteiger partial charge in [-0.05, 0) is 25.3 Å². The van der Waals surface area contributed by atoms with E-state index in [0.717, 1.165) is 38.6 Å². The van der Waals surface area contributed by atoms with Gasteiger partial charge in [0.05, 0.1) is 5.88 Å². The van der Waals surface area contributed by atoms with Crippen LogP contribution in [-0.4, -0.2) is 50.7 Å². The summed E-state index contributed by atoms with van der Waals surface area (Å²) < 4.78 is 1.85. The zero-order valence-electron chi connectivity index (χ0n) is 13.3. The first kappa shape index (κ1) is 16.4. The number of amides is 2. The molecular weight excluding hydrogens is 312 g/mol. The van der Waals surface area contributed by atoms with Crippen LogP contribution >= 0.6 is 11.8 Å². The van der Waals surface area contributed by atoms with Gasteiger partial charge in [-0.2, -0.15) is 5.10 Å². The van der Waals surface area contributed by atoms with Crippen LogP contribution in [0.4, 0.5) is 0 Å². The summed E-state index contributed by atoms with van der Waals surface area (Å²) >= 11 is 1.67. The van der Waals surface area contributed by atoms with Gasteiger partial charge >= 0.3 is 0 Å². The first-order chi connectivity index (χ1) is 11.3. The molecule has 126 valence electrons. The van der Waals surface area contributed by atoms with Gasteiger partial charge in [-0.1, -0.05) is 12.8 Å². The van der Waals surface area contributed by atoms with Gasteiger partial charge in [-0.3, -0.25) is 14.3 Å². The van der Waals surface area contributed by atoms with Crippen molar-refractivity contribution in [3.63, 3.8) is 0 Å². The molecule has 0 bridgehead atoms. The molecule has 0 unspecified atom stereocenters. The van der Waals surface area contributed by atoms with Crippen LogP contribution in [0.15, 0.2) is 18.5 Å². The van der Waals surface area contributed by atoms with E-state index in [1.54, 1.807) is 22.9 Å². The minimum atomic E-state index is -0.294. The van der Waals surface area contributed by atoms with Crippen LogP contribution in [0.25, 0.3) is 0 Å². The van der Waals surface area contributed by atoms with Crippen LogP contribution in [-0.2, 0) is 16.1 Å². The van der Waals surface area contributed by atoms with Crippen LogP contribution in [0, 0.1) is 5.92 Å². The lowest BCUT2D eigenvalue weighted by atomic mass is 10.1. The molecule has 1 aromatic heterocycles. The number of hydrogen-bond acceptors (Lipinski definition) is 4. The van der Waals surface area contributed by atoms with E-state index < -0.39 is 0 Å². The van der Waals surface area contributed by atoms with Crippen molar-refractivity contribution in [1.82, 2.24) is 20.0 Å². The molecule has 1 aliphatic carbocycles. The van der Waals surface area contributed by atoms with Gasteiger partial charge in [0.15, 0.2) is 0 Å². The molecule has 0 spiro atoms. The minimum absolute atomic E-state index is 0.0122.